The minimum atomic E-state index is -0.412. The van der Waals surface area contributed by atoms with E-state index < -0.39 is 5.91 Å². The van der Waals surface area contributed by atoms with E-state index in [2.05, 4.69) is 10.6 Å². The topological polar surface area (TPSA) is 70.6 Å². The summed E-state index contributed by atoms with van der Waals surface area (Å²) in [6, 6.07) is 10.2. The van der Waals surface area contributed by atoms with Crippen molar-refractivity contribution in [1.82, 2.24) is 5.32 Å². The summed E-state index contributed by atoms with van der Waals surface area (Å²) in [6.07, 6.45) is 0. The molecule has 3 N–H and O–H groups in total. The number of hydrogen-bond acceptors (Lipinski definition) is 4. The molecule has 0 radical (unpaired) electrons. The van der Waals surface area contributed by atoms with Crippen LogP contribution in [0.15, 0.2) is 36.4 Å². The second kappa shape index (κ2) is 8.19. The van der Waals surface area contributed by atoms with E-state index in [1.54, 1.807) is 6.07 Å². The molecule has 0 bridgehead atoms. The second-order valence-corrected chi connectivity index (χ2v) is 6.12. The number of anilines is 1. The molecule has 0 saturated carbocycles. The highest BCUT2D eigenvalue weighted by Crippen LogP contribution is 2.34. The summed E-state index contributed by atoms with van der Waals surface area (Å²) >= 11 is 16.7. The first-order chi connectivity index (χ1) is 11.3. The van der Waals surface area contributed by atoms with Gasteiger partial charge in [0.25, 0.3) is 5.91 Å². The Morgan fingerprint density at radius 3 is 2.54 bits per heavy atom. The average Bonchev–Trinajstić information content (AvgIpc) is 2.50. The molecule has 0 fully saturated rings. The molecule has 5 nitrogen and oxygen atoms in total. The van der Waals surface area contributed by atoms with E-state index >= 15 is 0 Å². The fourth-order valence-corrected chi connectivity index (χ4v) is 2.54. The molecule has 126 valence electrons. The Morgan fingerprint density at radius 2 is 1.92 bits per heavy atom. The van der Waals surface area contributed by atoms with Gasteiger partial charge in [-0.2, -0.15) is 0 Å². The van der Waals surface area contributed by atoms with Gasteiger partial charge in [-0.25, -0.2) is 0 Å². The molecule has 1 amide bonds. The van der Waals surface area contributed by atoms with Crippen LogP contribution in [0.2, 0.25) is 10.0 Å². The van der Waals surface area contributed by atoms with Crippen LogP contribution in [0.1, 0.15) is 5.56 Å². The van der Waals surface area contributed by atoms with Gasteiger partial charge in [0.2, 0.25) is 0 Å². The van der Waals surface area contributed by atoms with Gasteiger partial charge in [-0.3, -0.25) is 10.1 Å². The fraction of sp³-hybridized carbons (Fsp3) is 0.125. The Balaban J connectivity index is 1.87. The second-order valence-electron chi connectivity index (χ2n) is 4.90. The van der Waals surface area contributed by atoms with Crippen molar-refractivity contribution in [3.63, 3.8) is 0 Å². The minimum Gasteiger partial charge on any atom is -0.505 e. The first-order valence-corrected chi connectivity index (χ1v) is 8.00. The van der Waals surface area contributed by atoms with Crippen LogP contribution >= 0.6 is 35.4 Å². The Bertz CT molecular complexity index is 761. The zero-order valence-electron chi connectivity index (χ0n) is 12.6. The summed E-state index contributed by atoms with van der Waals surface area (Å²) in [7, 11) is 0. The molecule has 0 aliphatic heterocycles. The Labute approximate surface area is 154 Å². The van der Waals surface area contributed by atoms with Crippen molar-refractivity contribution < 1.29 is 14.6 Å². The smallest absolute Gasteiger partial charge is 0.264 e. The Kier molecular flexibility index (Phi) is 6.25. The molecule has 2 aromatic rings. The number of carbonyl (C=O) groups is 1. The Morgan fingerprint density at radius 1 is 1.25 bits per heavy atom. The summed E-state index contributed by atoms with van der Waals surface area (Å²) in [5.74, 6) is -0.0310. The lowest BCUT2D eigenvalue weighted by Crippen LogP contribution is -2.37. The van der Waals surface area contributed by atoms with E-state index in [0.717, 1.165) is 5.56 Å². The first-order valence-electron chi connectivity index (χ1n) is 6.83. The summed E-state index contributed by atoms with van der Waals surface area (Å²) < 4.78 is 5.38. The predicted octanol–water partition coefficient (Wildman–Crippen LogP) is 3.90. The lowest BCUT2D eigenvalue weighted by Gasteiger charge is -2.11. The van der Waals surface area contributed by atoms with Gasteiger partial charge in [0.1, 0.15) is 5.75 Å². The van der Waals surface area contributed by atoms with Gasteiger partial charge < -0.3 is 15.2 Å². The lowest BCUT2D eigenvalue weighted by molar-refractivity contribution is -0.121. The molecule has 0 aliphatic rings. The fourth-order valence-electron chi connectivity index (χ4n) is 1.82. The van der Waals surface area contributed by atoms with Gasteiger partial charge in [-0.15, -0.1) is 0 Å². The summed E-state index contributed by atoms with van der Waals surface area (Å²) in [4.78, 5) is 11.8. The van der Waals surface area contributed by atoms with Gasteiger partial charge in [-0.05, 0) is 49.0 Å². The highest BCUT2D eigenvalue weighted by Gasteiger charge is 2.10. The van der Waals surface area contributed by atoms with Crippen LogP contribution in [0.4, 0.5) is 5.69 Å². The maximum atomic E-state index is 11.8. The summed E-state index contributed by atoms with van der Waals surface area (Å²) in [5, 5.41) is 14.9. The SMILES string of the molecule is Cc1cccc(OCC(=O)NC(=S)Nc2cc(Cl)c(O)c(Cl)c2)c1. The van der Waals surface area contributed by atoms with Crippen LogP contribution in [0.3, 0.4) is 0 Å². The number of hydrogen-bond donors (Lipinski definition) is 3. The van der Waals surface area contributed by atoms with Crippen LogP contribution in [0.5, 0.6) is 11.5 Å². The average molecular weight is 385 g/mol. The number of aromatic hydroxyl groups is 1. The molecule has 8 heteroatoms. The number of rotatable bonds is 4. The highest BCUT2D eigenvalue weighted by atomic mass is 35.5. The van der Waals surface area contributed by atoms with Gasteiger partial charge in [0.15, 0.2) is 17.5 Å². The molecule has 0 spiro atoms. The number of benzene rings is 2. The van der Waals surface area contributed by atoms with E-state index in [-0.39, 0.29) is 27.5 Å². The number of amides is 1. The van der Waals surface area contributed by atoms with Crippen LogP contribution in [0.25, 0.3) is 0 Å². The van der Waals surface area contributed by atoms with E-state index in [0.29, 0.717) is 11.4 Å². The standard InChI is InChI=1S/C16H14Cl2N2O3S/c1-9-3-2-4-11(5-9)23-8-14(21)20-16(24)19-10-6-12(17)15(22)13(18)7-10/h2-7,22H,8H2,1H3,(H2,19,20,21,24). The van der Waals surface area contributed by atoms with Crippen molar-refractivity contribution in [3.8, 4) is 11.5 Å². The van der Waals surface area contributed by atoms with Crippen molar-refractivity contribution in [1.29, 1.82) is 0 Å². The molecule has 0 saturated heterocycles. The van der Waals surface area contributed by atoms with Crippen molar-refractivity contribution >= 4 is 52.1 Å². The molecule has 0 aliphatic carbocycles. The van der Waals surface area contributed by atoms with E-state index in [9.17, 15) is 9.90 Å². The minimum absolute atomic E-state index is 0.0608. The monoisotopic (exact) mass is 384 g/mol. The molecule has 2 aromatic carbocycles. The van der Waals surface area contributed by atoms with Crippen LogP contribution in [-0.2, 0) is 4.79 Å². The molecule has 24 heavy (non-hydrogen) atoms. The number of phenolic OH excluding ortho intramolecular Hbond substituents is 1. The molecular formula is C16H14Cl2N2O3S. The number of halogens is 2. The van der Waals surface area contributed by atoms with Crippen molar-refractivity contribution in [2.24, 2.45) is 0 Å². The third kappa shape index (κ3) is 5.26. The number of nitrogens with one attached hydrogen (secondary N) is 2. The van der Waals surface area contributed by atoms with E-state index in [1.807, 2.05) is 25.1 Å². The third-order valence-electron chi connectivity index (χ3n) is 2.89. The number of phenols is 1. The molecule has 0 heterocycles. The largest absolute Gasteiger partial charge is 0.505 e. The lowest BCUT2D eigenvalue weighted by atomic mass is 10.2. The number of aryl methyl sites for hydroxylation is 1. The zero-order valence-corrected chi connectivity index (χ0v) is 14.9. The van der Waals surface area contributed by atoms with E-state index in [1.165, 1.54) is 12.1 Å². The molecule has 0 atom stereocenters. The van der Waals surface area contributed by atoms with Crippen LogP contribution < -0.4 is 15.4 Å². The van der Waals surface area contributed by atoms with Gasteiger partial charge >= 0.3 is 0 Å². The summed E-state index contributed by atoms with van der Waals surface area (Å²) in [5.41, 5.74) is 1.47. The molecular weight excluding hydrogens is 371 g/mol. The van der Waals surface area contributed by atoms with E-state index in [4.69, 9.17) is 40.2 Å². The normalized spacial score (nSPS) is 10.1. The number of thiocarbonyl (C=S) groups is 1. The predicted molar refractivity (Wildman–Crippen MR) is 99.2 cm³/mol. The quantitative estimate of drug-likeness (QED) is 0.550. The molecule has 0 aromatic heterocycles. The maximum Gasteiger partial charge on any atom is 0.264 e. The Hall–Kier alpha value is -2.02. The van der Waals surface area contributed by atoms with Crippen molar-refractivity contribution in [2.75, 3.05) is 11.9 Å². The third-order valence-corrected chi connectivity index (χ3v) is 3.67. The van der Waals surface area contributed by atoms with Crippen molar-refractivity contribution in [3.05, 3.63) is 52.0 Å². The number of ether oxygens (including phenoxy) is 1. The highest BCUT2D eigenvalue weighted by molar-refractivity contribution is 7.80. The van der Waals surface area contributed by atoms with Crippen LogP contribution in [-0.4, -0.2) is 22.7 Å². The van der Waals surface area contributed by atoms with Crippen molar-refractivity contribution in [2.45, 2.75) is 6.92 Å². The van der Waals surface area contributed by atoms with Gasteiger partial charge in [0, 0.05) is 5.69 Å². The van der Waals surface area contributed by atoms with Gasteiger partial charge in [0.05, 0.1) is 10.0 Å². The first kappa shape index (κ1) is 18.3. The van der Waals surface area contributed by atoms with Crippen LogP contribution in [0, 0.1) is 6.92 Å². The molecule has 2 rings (SSSR count). The molecule has 0 unspecified atom stereocenters. The zero-order chi connectivity index (χ0) is 17.7. The number of carbonyl (C=O) groups excluding carboxylic acids is 1. The van der Waals surface area contributed by atoms with Gasteiger partial charge in [-0.1, -0.05) is 35.3 Å². The summed E-state index contributed by atoms with van der Waals surface area (Å²) in [6.45, 7) is 1.75. The maximum absolute atomic E-state index is 11.8.